The maximum atomic E-state index is 12.3. The number of fused-ring (bicyclic) bond motifs is 1. The summed E-state index contributed by atoms with van der Waals surface area (Å²) in [5, 5.41) is 4.45. The summed E-state index contributed by atoms with van der Waals surface area (Å²) in [7, 11) is 0. The normalized spacial score (nSPS) is 10.6. The number of rotatable bonds is 6. The van der Waals surface area contributed by atoms with Gasteiger partial charge in [-0.05, 0) is 42.8 Å². The first kappa shape index (κ1) is 19.4. The fourth-order valence-corrected chi connectivity index (χ4v) is 3.49. The van der Waals surface area contributed by atoms with Crippen molar-refractivity contribution < 1.29 is 14.4 Å². The Labute approximate surface area is 165 Å². The van der Waals surface area contributed by atoms with Gasteiger partial charge < -0.3 is 16.8 Å². The van der Waals surface area contributed by atoms with Crippen LogP contribution >= 0.6 is 11.8 Å². The lowest BCUT2D eigenvalue weighted by molar-refractivity contribution is -0.113. The number of thioether (sulfide) groups is 1. The number of anilines is 1. The molecule has 0 saturated heterocycles. The number of hydrogen-bond acceptors (Lipinski definition) is 5. The molecule has 0 aliphatic heterocycles. The Morgan fingerprint density at radius 1 is 1.00 bits per heavy atom. The largest absolute Gasteiger partial charge is 0.366 e. The fraction of sp³-hybridized carbons (Fsp3) is 0.100. The van der Waals surface area contributed by atoms with E-state index < -0.39 is 11.8 Å². The molecule has 0 radical (unpaired) electrons. The second-order valence-corrected chi connectivity index (χ2v) is 7.15. The molecule has 7 nitrogen and oxygen atoms in total. The van der Waals surface area contributed by atoms with Gasteiger partial charge in [0.25, 0.3) is 0 Å². The van der Waals surface area contributed by atoms with E-state index in [0.717, 1.165) is 21.5 Å². The van der Waals surface area contributed by atoms with Gasteiger partial charge in [-0.2, -0.15) is 0 Å². The van der Waals surface area contributed by atoms with Gasteiger partial charge in [0, 0.05) is 22.2 Å². The predicted octanol–water partition coefficient (Wildman–Crippen LogP) is 2.47. The summed E-state index contributed by atoms with van der Waals surface area (Å²) in [5.41, 5.74) is 12.9. The number of amides is 3. The summed E-state index contributed by atoms with van der Waals surface area (Å²) in [6.45, 7) is 1.99. The average molecular weight is 394 g/mol. The standard InChI is InChI=1S/C20H18N4O3S/c1-11-6-18(24-16-5-3-2-4-15(11)16)28-10-17(25)23-14-8-12(19(21)26)7-13(9-14)20(22)27/h2-9H,10H2,1H3,(H2,21,26)(H2,22,27)(H,23,25). The quantitative estimate of drug-likeness (QED) is 0.553. The van der Waals surface area contributed by atoms with E-state index in [-0.39, 0.29) is 28.5 Å². The number of primary amides is 2. The van der Waals surface area contributed by atoms with Crippen LogP contribution in [0, 0.1) is 6.92 Å². The van der Waals surface area contributed by atoms with E-state index in [0.29, 0.717) is 0 Å². The first-order valence-electron chi connectivity index (χ1n) is 8.37. The fourth-order valence-electron chi connectivity index (χ4n) is 2.71. The summed E-state index contributed by atoms with van der Waals surface area (Å²) >= 11 is 1.29. The molecule has 0 spiro atoms. The molecule has 5 N–H and O–H groups in total. The number of hydrogen-bond donors (Lipinski definition) is 3. The third-order valence-electron chi connectivity index (χ3n) is 4.04. The molecule has 8 heteroatoms. The number of nitrogens with one attached hydrogen (secondary N) is 1. The van der Waals surface area contributed by atoms with E-state index in [2.05, 4.69) is 10.3 Å². The van der Waals surface area contributed by atoms with Crippen LogP contribution in [0.5, 0.6) is 0 Å². The number of nitrogens with two attached hydrogens (primary N) is 2. The van der Waals surface area contributed by atoms with Crippen LogP contribution in [0.25, 0.3) is 10.9 Å². The van der Waals surface area contributed by atoms with Crippen molar-refractivity contribution in [1.29, 1.82) is 0 Å². The molecule has 0 saturated carbocycles. The van der Waals surface area contributed by atoms with Crippen LogP contribution in [-0.2, 0) is 4.79 Å². The van der Waals surface area contributed by atoms with Gasteiger partial charge in [0.1, 0.15) is 0 Å². The van der Waals surface area contributed by atoms with Crippen LogP contribution < -0.4 is 16.8 Å². The van der Waals surface area contributed by atoms with Gasteiger partial charge >= 0.3 is 0 Å². The highest BCUT2D eigenvalue weighted by Gasteiger charge is 2.12. The number of benzene rings is 2. The smallest absolute Gasteiger partial charge is 0.248 e. The van der Waals surface area contributed by atoms with Gasteiger partial charge in [0.15, 0.2) is 0 Å². The molecule has 1 heterocycles. The summed E-state index contributed by atoms with van der Waals surface area (Å²) in [6.07, 6.45) is 0. The first-order valence-corrected chi connectivity index (χ1v) is 9.36. The minimum Gasteiger partial charge on any atom is -0.366 e. The lowest BCUT2D eigenvalue weighted by atomic mass is 10.1. The van der Waals surface area contributed by atoms with E-state index in [9.17, 15) is 14.4 Å². The Hall–Kier alpha value is -3.39. The molecule has 0 fully saturated rings. The van der Waals surface area contributed by atoms with Crippen molar-refractivity contribution in [2.75, 3.05) is 11.1 Å². The minimum atomic E-state index is -0.719. The maximum Gasteiger partial charge on any atom is 0.248 e. The second kappa shape index (κ2) is 8.10. The monoisotopic (exact) mass is 394 g/mol. The lowest BCUT2D eigenvalue weighted by Gasteiger charge is -2.09. The van der Waals surface area contributed by atoms with E-state index in [4.69, 9.17) is 11.5 Å². The van der Waals surface area contributed by atoms with Crippen LogP contribution in [-0.4, -0.2) is 28.5 Å². The van der Waals surface area contributed by atoms with E-state index in [1.165, 1.54) is 30.0 Å². The van der Waals surface area contributed by atoms with Crippen molar-refractivity contribution in [3.05, 3.63) is 65.2 Å². The summed E-state index contributed by atoms with van der Waals surface area (Å²) in [5.74, 6) is -1.64. The van der Waals surface area contributed by atoms with Gasteiger partial charge in [-0.15, -0.1) is 0 Å². The number of aromatic nitrogens is 1. The van der Waals surface area contributed by atoms with Crippen molar-refractivity contribution in [2.45, 2.75) is 11.9 Å². The molecule has 0 aliphatic rings. The highest BCUT2D eigenvalue weighted by atomic mass is 32.2. The Balaban J connectivity index is 1.72. The van der Waals surface area contributed by atoms with Crippen LogP contribution in [0.2, 0.25) is 0 Å². The van der Waals surface area contributed by atoms with Gasteiger partial charge in [0.05, 0.1) is 16.3 Å². The molecule has 2 aromatic carbocycles. The lowest BCUT2D eigenvalue weighted by Crippen LogP contribution is -2.19. The Morgan fingerprint density at radius 3 is 2.29 bits per heavy atom. The Bertz CT molecular complexity index is 1070. The molecule has 3 rings (SSSR count). The molecule has 3 amide bonds. The van der Waals surface area contributed by atoms with E-state index in [1.54, 1.807) is 0 Å². The summed E-state index contributed by atoms with van der Waals surface area (Å²) < 4.78 is 0. The molecule has 3 aromatic rings. The van der Waals surface area contributed by atoms with Crippen LogP contribution in [0.3, 0.4) is 0 Å². The molecule has 1 aromatic heterocycles. The molecule has 0 atom stereocenters. The molecule has 28 heavy (non-hydrogen) atoms. The van der Waals surface area contributed by atoms with Crippen LogP contribution in [0.4, 0.5) is 5.69 Å². The molecular formula is C20H18N4O3S. The van der Waals surface area contributed by atoms with Crippen molar-refractivity contribution in [3.8, 4) is 0 Å². The molecular weight excluding hydrogens is 376 g/mol. The van der Waals surface area contributed by atoms with Crippen molar-refractivity contribution >= 4 is 46.1 Å². The van der Waals surface area contributed by atoms with E-state index >= 15 is 0 Å². The Morgan fingerprint density at radius 2 is 1.64 bits per heavy atom. The first-order chi connectivity index (χ1) is 13.3. The summed E-state index contributed by atoms with van der Waals surface area (Å²) in [4.78, 5) is 39.7. The molecule has 142 valence electrons. The zero-order chi connectivity index (χ0) is 20.3. The number of carbonyl (C=O) groups is 3. The highest BCUT2D eigenvalue weighted by Crippen LogP contribution is 2.24. The molecule has 0 unspecified atom stereocenters. The third-order valence-corrected chi connectivity index (χ3v) is 4.95. The molecule has 0 aliphatic carbocycles. The summed E-state index contributed by atoms with van der Waals surface area (Å²) in [6, 6.07) is 13.8. The second-order valence-electron chi connectivity index (χ2n) is 6.16. The van der Waals surface area contributed by atoms with E-state index in [1.807, 2.05) is 37.3 Å². The zero-order valence-electron chi connectivity index (χ0n) is 15.1. The topological polar surface area (TPSA) is 128 Å². The minimum absolute atomic E-state index is 0.0890. The van der Waals surface area contributed by atoms with Gasteiger partial charge in [-0.1, -0.05) is 30.0 Å². The van der Waals surface area contributed by atoms with Gasteiger partial charge in [-0.25, -0.2) is 4.98 Å². The Kier molecular flexibility index (Phi) is 5.60. The molecule has 0 bridgehead atoms. The number of nitrogens with zero attached hydrogens (tertiary/aromatic N) is 1. The van der Waals surface area contributed by atoms with Gasteiger partial charge in [-0.3, -0.25) is 14.4 Å². The maximum absolute atomic E-state index is 12.3. The zero-order valence-corrected chi connectivity index (χ0v) is 15.9. The third kappa shape index (κ3) is 4.47. The van der Waals surface area contributed by atoms with Crippen molar-refractivity contribution in [3.63, 3.8) is 0 Å². The predicted molar refractivity (Wildman–Crippen MR) is 109 cm³/mol. The average Bonchev–Trinajstić information content (AvgIpc) is 2.66. The number of para-hydroxylation sites is 1. The highest BCUT2D eigenvalue weighted by molar-refractivity contribution is 7.99. The number of carbonyl (C=O) groups excluding carboxylic acids is 3. The number of pyridine rings is 1. The van der Waals surface area contributed by atoms with Crippen molar-refractivity contribution in [2.24, 2.45) is 11.5 Å². The van der Waals surface area contributed by atoms with Crippen molar-refractivity contribution in [1.82, 2.24) is 4.98 Å². The SMILES string of the molecule is Cc1cc(SCC(=O)Nc2cc(C(N)=O)cc(C(N)=O)c2)nc2ccccc12. The number of aryl methyl sites for hydroxylation is 1. The van der Waals surface area contributed by atoms with Crippen LogP contribution in [0.15, 0.2) is 53.6 Å². The van der Waals surface area contributed by atoms with Gasteiger partial charge in [0.2, 0.25) is 17.7 Å². The van der Waals surface area contributed by atoms with Crippen LogP contribution in [0.1, 0.15) is 26.3 Å².